The van der Waals surface area contributed by atoms with Crippen LogP contribution in [0.5, 0.6) is 0 Å². The van der Waals surface area contributed by atoms with Crippen molar-refractivity contribution >= 4 is 34.0 Å². The van der Waals surface area contributed by atoms with Crippen LogP contribution in [-0.2, 0) is 5.41 Å². The van der Waals surface area contributed by atoms with Gasteiger partial charge in [-0.1, -0.05) is 93.3 Å². The number of benzene rings is 2. The predicted molar refractivity (Wildman–Crippen MR) is 117 cm³/mol. The van der Waals surface area contributed by atoms with Gasteiger partial charge in [0.2, 0.25) is 0 Å². The van der Waals surface area contributed by atoms with Gasteiger partial charge in [0.15, 0.2) is 4.34 Å². The molecule has 0 unspecified atom stereocenters. The molecular formula is C22H24N2OS2. The Balaban J connectivity index is 1.87. The van der Waals surface area contributed by atoms with Gasteiger partial charge in [-0.25, -0.2) is 4.98 Å². The smallest absolute Gasteiger partial charge is 0.256 e. The molecule has 0 spiro atoms. The molecule has 1 amide bonds. The number of thiazole rings is 1. The molecule has 1 aromatic heterocycles. The fourth-order valence-corrected chi connectivity index (χ4v) is 4.62. The lowest BCUT2D eigenvalue weighted by atomic mass is 9.87. The Morgan fingerprint density at radius 1 is 1.07 bits per heavy atom. The van der Waals surface area contributed by atoms with E-state index in [1.165, 1.54) is 16.9 Å². The number of hydrogen-bond acceptors (Lipinski definition) is 4. The SMILES string of the molecule is CCSc1nc(-c2ccccc2)c(NC(=O)c2ccc(C(C)(C)C)cc2)s1. The normalized spacial score (nSPS) is 11.4. The number of nitrogens with zero attached hydrogens (tertiary/aromatic N) is 1. The average molecular weight is 397 g/mol. The summed E-state index contributed by atoms with van der Waals surface area (Å²) in [6.45, 7) is 8.60. The van der Waals surface area contributed by atoms with Gasteiger partial charge in [0.1, 0.15) is 10.7 Å². The van der Waals surface area contributed by atoms with Crippen LogP contribution in [0.2, 0.25) is 0 Å². The summed E-state index contributed by atoms with van der Waals surface area (Å²) in [6.07, 6.45) is 0. The minimum Gasteiger partial charge on any atom is -0.312 e. The number of carbonyl (C=O) groups excluding carboxylic acids is 1. The standard InChI is InChI=1S/C22H24N2OS2/c1-5-26-21-23-18(15-9-7-6-8-10-15)20(27-21)24-19(25)16-11-13-17(14-12-16)22(2,3)4/h6-14H,5H2,1-4H3,(H,24,25). The number of aromatic nitrogens is 1. The summed E-state index contributed by atoms with van der Waals surface area (Å²) in [5.74, 6) is 0.841. The van der Waals surface area contributed by atoms with E-state index in [-0.39, 0.29) is 11.3 Å². The molecule has 0 fully saturated rings. The number of anilines is 1. The predicted octanol–water partition coefficient (Wildman–Crippen LogP) is 6.47. The molecular weight excluding hydrogens is 372 g/mol. The number of thioether (sulfide) groups is 1. The van der Waals surface area contributed by atoms with Gasteiger partial charge in [-0.2, -0.15) is 0 Å². The minimum atomic E-state index is -0.107. The van der Waals surface area contributed by atoms with Crippen molar-refractivity contribution in [2.45, 2.75) is 37.4 Å². The molecule has 2 aromatic carbocycles. The van der Waals surface area contributed by atoms with Gasteiger partial charge >= 0.3 is 0 Å². The summed E-state index contributed by atoms with van der Waals surface area (Å²) in [7, 11) is 0. The highest BCUT2D eigenvalue weighted by molar-refractivity contribution is 8.01. The lowest BCUT2D eigenvalue weighted by molar-refractivity contribution is 0.102. The highest BCUT2D eigenvalue weighted by Gasteiger charge is 2.18. The maximum atomic E-state index is 12.8. The van der Waals surface area contributed by atoms with Crippen LogP contribution < -0.4 is 5.32 Å². The third kappa shape index (κ3) is 4.79. The van der Waals surface area contributed by atoms with Crippen LogP contribution in [-0.4, -0.2) is 16.6 Å². The molecule has 3 rings (SSSR count). The summed E-state index contributed by atoms with van der Waals surface area (Å²) < 4.78 is 0.967. The van der Waals surface area contributed by atoms with Crippen molar-refractivity contribution in [3.8, 4) is 11.3 Å². The van der Waals surface area contributed by atoms with Crippen LogP contribution in [0.4, 0.5) is 5.00 Å². The molecule has 140 valence electrons. The molecule has 3 aromatic rings. The second-order valence-corrected chi connectivity index (χ2v) is 9.75. The molecule has 3 nitrogen and oxygen atoms in total. The van der Waals surface area contributed by atoms with E-state index in [0.29, 0.717) is 5.56 Å². The maximum absolute atomic E-state index is 12.8. The van der Waals surface area contributed by atoms with E-state index in [1.807, 2.05) is 54.6 Å². The maximum Gasteiger partial charge on any atom is 0.256 e. The highest BCUT2D eigenvalue weighted by Crippen LogP contribution is 2.37. The van der Waals surface area contributed by atoms with Crippen molar-refractivity contribution < 1.29 is 4.79 Å². The first-order valence-corrected chi connectivity index (χ1v) is 10.8. The van der Waals surface area contributed by atoms with Gasteiger partial charge in [-0.15, -0.1) is 0 Å². The molecule has 27 heavy (non-hydrogen) atoms. The molecule has 0 aliphatic heterocycles. The van der Waals surface area contributed by atoms with Crippen LogP contribution in [0.3, 0.4) is 0 Å². The third-order valence-electron chi connectivity index (χ3n) is 4.16. The van der Waals surface area contributed by atoms with E-state index in [1.54, 1.807) is 11.8 Å². The van der Waals surface area contributed by atoms with Crippen LogP contribution in [0.15, 0.2) is 58.9 Å². The first-order valence-electron chi connectivity index (χ1n) is 8.99. The Kier molecular flexibility index (Phi) is 6.02. The summed E-state index contributed by atoms with van der Waals surface area (Å²) in [5, 5.41) is 3.86. The van der Waals surface area contributed by atoms with Gasteiger partial charge in [0.25, 0.3) is 5.91 Å². The van der Waals surface area contributed by atoms with E-state index < -0.39 is 0 Å². The van der Waals surface area contributed by atoms with E-state index in [0.717, 1.165) is 26.4 Å². The molecule has 0 saturated carbocycles. The van der Waals surface area contributed by atoms with E-state index in [4.69, 9.17) is 4.98 Å². The van der Waals surface area contributed by atoms with Crippen LogP contribution in [0.1, 0.15) is 43.6 Å². The molecule has 0 aliphatic rings. The van der Waals surface area contributed by atoms with E-state index in [2.05, 4.69) is 33.0 Å². The number of rotatable bonds is 5. The average Bonchev–Trinajstić information content (AvgIpc) is 3.04. The van der Waals surface area contributed by atoms with Gasteiger partial charge in [-0.05, 0) is 28.9 Å². The molecule has 0 bridgehead atoms. The van der Waals surface area contributed by atoms with Gasteiger partial charge in [-0.3, -0.25) is 4.79 Å². The topological polar surface area (TPSA) is 42.0 Å². The fourth-order valence-electron chi connectivity index (χ4n) is 2.66. The zero-order valence-electron chi connectivity index (χ0n) is 16.1. The lowest BCUT2D eigenvalue weighted by Gasteiger charge is -2.19. The van der Waals surface area contributed by atoms with Crippen molar-refractivity contribution in [3.05, 3.63) is 65.7 Å². The van der Waals surface area contributed by atoms with Crippen molar-refractivity contribution in [1.82, 2.24) is 4.98 Å². The largest absolute Gasteiger partial charge is 0.312 e. The molecule has 0 saturated heterocycles. The minimum absolute atomic E-state index is 0.0689. The number of nitrogens with one attached hydrogen (secondary N) is 1. The first-order chi connectivity index (χ1) is 12.9. The van der Waals surface area contributed by atoms with Crippen LogP contribution in [0.25, 0.3) is 11.3 Å². The van der Waals surface area contributed by atoms with Crippen LogP contribution >= 0.6 is 23.1 Å². The summed E-state index contributed by atoms with van der Waals surface area (Å²) >= 11 is 3.22. The second kappa shape index (κ2) is 8.28. The van der Waals surface area contributed by atoms with Crippen molar-refractivity contribution in [1.29, 1.82) is 0 Å². The number of carbonyl (C=O) groups is 1. The van der Waals surface area contributed by atoms with Crippen molar-refractivity contribution in [2.75, 3.05) is 11.1 Å². The number of hydrogen-bond donors (Lipinski definition) is 1. The monoisotopic (exact) mass is 396 g/mol. The lowest BCUT2D eigenvalue weighted by Crippen LogP contribution is -2.14. The summed E-state index contributed by atoms with van der Waals surface area (Å²) in [6, 6.07) is 17.8. The van der Waals surface area contributed by atoms with Crippen molar-refractivity contribution in [2.24, 2.45) is 0 Å². The van der Waals surface area contributed by atoms with Gasteiger partial charge < -0.3 is 5.32 Å². The molecule has 1 N–H and O–H groups in total. The fraction of sp³-hybridized carbons (Fsp3) is 0.273. The number of amides is 1. The zero-order chi connectivity index (χ0) is 19.4. The Hall–Kier alpha value is -2.11. The Morgan fingerprint density at radius 3 is 2.33 bits per heavy atom. The Morgan fingerprint density at radius 2 is 1.74 bits per heavy atom. The highest BCUT2D eigenvalue weighted by atomic mass is 32.2. The molecule has 1 heterocycles. The Labute approximate surface area is 169 Å². The summed E-state index contributed by atoms with van der Waals surface area (Å²) in [5.41, 5.74) is 3.77. The van der Waals surface area contributed by atoms with Gasteiger partial charge in [0, 0.05) is 11.1 Å². The Bertz CT molecular complexity index is 910. The first kappa shape index (κ1) is 19.6. The van der Waals surface area contributed by atoms with Crippen molar-refractivity contribution in [3.63, 3.8) is 0 Å². The molecule has 5 heteroatoms. The summed E-state index contributed by atoms with van der Waals surface area (Å²) in [4.78, 5) is 17.5. The third-order valence-corrected chi connectivity index (χ3v) is 6.16. The second-order valence-electron chi connectivity index (χ2n) is 7.24. The zero-order valence-corrected chi connectivity index (χ0v) is 17.7. The van der Waals surface area contributed by atoms with E-state index in [9.17, 15) is 4.79 Å². The quantitative estimate of drug-likeness (QED) is 0.502. The van der Waals surface area contributed by atoms with Crippen LogP contribution in [0, 0.1) is 0 Å². The van der Waals surface area contributed by atoms with Gasteiger partial charge in [0.05, 0.1) is 0 Å². The molecule has 0 aliphatic carbocycles. The molecule has 0 radical (unpaired) electrons. The molecule has 0 atom stereocenters. The van der Waals surface area contributed by atoms with E-state index >= 15 is 0 Å².